The van der Waals surface area contributed by atoms with Gasteiger partial charge in [-0.3, -0.25) is 4.90 Å². The third-order valence-electron chi connectivity index (χ3n) is 2.99. The predicted octanol–water partition coefficient (Wildman–Crippen LogP) is 3.43. The lowest BCUT2D eigenvalue weighted by atomic mass is 10.2. The molecule has 0 spiro atoms. The summed E-state index contributed by atoms with van der Waals surface area (Å²) in [7, 11) is 2.22. The second-order valence-corrected chi connectivity index (χ2v) is 5.29. The molecule has 1 aliphatic carbocycles. The molecule has 1 aromatic rings. The van der Waals surface area contributed by atoms with E-state index in [9.17, 15) is 0 Å². The molecule has 0 amide bonds. The molecule has 0 saturated heterocycles. The number of alkyl halides is 1. The molecular formula is C11H17ClN2S. The fourth-order valence-electron chi connectivity index (χ4n) is 1.91. The molecule has 0 aromatic carbocycles. The summed E-state index contributed by atoms with van der Waals surface area (Å²) < 4.78 is 0. The van der Waals surface area contributed by atoms with E-state index in [2.05, 4.69) is 29.2 Å². The average molecular weight is 245 g/mol. The predicted molar refractivity (Wildman–Crippen MR) is 65.5 cm³/mol. The van der Waals surface area contributed by atoms with Crippen LogP contribution in [-0.2, 0) is 5.88 Å². The summed E-state index contributed by atoms with van der Waals surface area (Å²) in [5, 5.41) is 3.30. The summed E-state index contributed by atoms with van der Waals surface area (Å²) in [5.41, 5.74) is 1.01. The number of hydrogen-bond donors (Lipinski definition) is 0. The van der Waals surface area contributed by atoms with E-state index >= 15 is 0 Å². The zero-order chi connectivity index (χ0) is 10.8. The Kier molecular flexibility index (Phi) is 3.65. The molecule has 1 fully saturated rings. The number of hydrogen-bond acceptors (Lipinski definition) is 3. The van der Waals surface area contributed by atoms with Crippen molar-refractivity contribution in [2.75, 3.05) is 7.05 Å². The average Bonchev–Trinajstić information content (AvgIpc) is 3.00. The second kappa shape index (κ2) is 4.81. The fraction of sp³-hybridized carbons (Fsp3) is 0.727. The smallest absolute Gasteiger partial charge is 0.110 e. The van der Waals surface area contributed by atoms with Gasteiger partial charge < -0.3 is 0 Å². The van der Waals surface area contributed by atoms with E-state index in [0.29, 0.717) is 11.9 Å². The lowest BCUT2D eigenvalue weighted by Crippen LogP contribution is -2.26. The molecule has 84 valence electrons. The van der Waals surface area contributed by atoms with Crippen molar-refractivity contribution in [3.05, 3.63) is 16.1 Å². The summed E-state index contributed by atoms with van der Waals surface area (Å²) in [6.07, 6.45) is 3.82. The highest BCUT2D eigenvalue weighted by atomic mass is 35.5. The summed E-state index contributed by atoms with van der Waals surface area (Å²) in [4.78, 5) is 7.05. The van der Waals surface area contributed by atoms with Crippen LogP contribution in [0.5, 0.6) is 0 Å². The molecular weight excluding hydrogens is 228 g/mol. The van der Waals surface area contributed by atoms with Gasteiger partial charge in [-0.2, -0.15) is 0 Å². The van der Waals surface area contributed by atoms with E-state index < -0.39 is 0 Å². The van der Waals surface area contributed by atoms with Gasteiger partial charge in [-0.25, -0.2) is 4.98 Å². The van der Waals surface area contributed by atoms with Crippen LogP contribution < -0.4 is 0 Å². The van der Waals surface area contributed by atoms with E-state index in [1.54, 1.807) is 11.3 Å². The number of aromatic nitrogens is 1. The van der Waals surface area contributed by atoms with Gasteiger partial charge in [0.25, 0.3) is 0 Å². The van der Waals surface area contributed by atoms with Crippen LogP contribution in [0.1, 0.15) is 42.9 Å². The molecule has 15 heavy (non-hydrogen) atoms. The van der Waals surface area contributed by atoms with E-state index in [4.69, 9.17) is 11.6 Å². The molecule has 0 radical (unpaired) electrons. The van der Waals surface area contributed by atoms with Crippen LogP contribution in [0.25, 0.3) is 0 Å². The molecule has 4 heteroatoms. The minimum atomic E-state index is 0.486. The zero-order valence-corrected chi connectivity index (χ0v) is 10.8. The van der Waals surface area contributed by atoms with Crippen molar-refractivity contribution in [3.63, 3.8) is 0 Å². The fourth-order valence-corrected chi connectivity index (χ4v) is 3.19. The number of rotatable bonds is 5. The van der Waals surface area contributed by atoms with Crippen molar-refractivity contribution in [2.45, 2.75) is 44.1 Å². The summed E-state index contributed by atoms with van der Waals surface area (Å²) in [6.45, 7) is 2.23. The molecule has 0 N–H and O–H groups in total. The maximum absolute atomic E-state index is 5.77. The maximum atomic E-state index is 5.77. The minimum Gasteiger partial charge on any atom is -0.294 e. The SMILES string of the molecule is CCC(c1nc(CCl)cs1)N(C)C1CC1. The van der Waals surface area contributed by atoms with Crippen LogP contribution in [0.3, 0.4) is 0 Å². The van der Waals surface area contributed by atoms with E-state index in [1.807, 2.05) is 0 Å². The lowest BCUT2D eigenvalue weighted by Gasteiger charge is -2.25. The van der Waals surface area contributed by atoms with Gasteiger partial charge >= 0.3 is 0 Å². The highest BCUT2D eigenvalue weighted by molar-refractivity contribution is 7.09. The molecule has 1 saturated carbocycles. The monoisotopic (exact) mass is 244 g/mol. The summed E-state index contributed by atoms with van der Waals surface area (Å²) >= 11 is 7.52. The zero-order valence-electron chi connectivity index (χ0n) is 9.24. The molecule has 1 unspecified atom stereocenters. The van der Waals surface area contributed by atoms with Crippen molar-refractivity contribution in [3.8, 4) is 0 Å². The van der Waals surface area contributed by atoms with E-state index in [1.165, 1.54) is 17.8 Å². The Bertz CT molecular complexity index is 322. The Morgan fingerprint density at radius 3 is 2.87 bits per heavy atom. The van der Waals surface area contributed by atoms with Crippen molar-refractivity contribution in [2.24, 2.45) is 0 Å². The van der Waals surface area contributed by atoms with E-state index in [-0.39, 0.29) is 0 Å². The lowest BCUT2D eigenvalue weighted by molar-refractivity contribution is 0.228. The van der Waals surface area contributed by atoms with Crippen molar-refractivity contribution in [1.29, 1.82) is 0 Å². The van der Waals surface area contributed by atoms with Gasteiger partial charge in [-0.05, 0) is 26.3 Å². The van der Waals surface area contributed by atoms with Gasteiger partial charge in [0, 0.05) is 11.4 Å². The molecule has 1 aliphatic rings. The molecule has 0 bridgehead atoms. The van der Waals surface area contributed by atoms with Crippen LogP contribution in [0.4, 0.5) is 0 Å². The Morgan fingerprint density at radius 2 is 2.40 bits per heavy atom. The third-order valence-corrected chi connectivity index (χ3v) is 4.26. The topological polar surface area (TPSA) is 16.1 Å². The maximum Gasteiger partial charge on any atom is 0.110 e. The first-order valence-corrected chi connectivity index (χ1v) is 6.89. The molecule has 1 aromatic heterocycles. The van der Waals surface area contributed by atoms with Crippen LogP contribution >= 0.6 is 22.9 Å². The summed E-state index contributed by atoms with van der Waals surface area (Å²) in [5.74, 6) is 0.528. The number of halogens is 1. The Balaban J connectivity index is 2.10. The summed E-state index contributed by atoms with van der Waals surface area (Å²) in [6, 6.07) is 1.28. The molecule has 0 aliphatic heterocycles. The largest absolute Gasteiger partial charge is 0.294 e. The van der Waals surface area contributed by atoms with Gasteiger partial charge in [-0.1, -0.05) is 6.92 Å². The van der Waals surface area contributed by atoms with E-state index in [0.717, 1.165) is 18.2 Å². The highest BCUT2D eigenvalue weighted by Gasteiger charge is 2.32. The molecule has 1 heterocycles. The Hall–Kier alpha value is -0.120. The van der Waals surface area contributed by atoms with Crippen molar-refractivity contribution < 1.29 is 0 Å². The first kappa shape index (κ1) is 11.4. The third kappa shape index (κ3) is 2.52. The van der Waals surface area contributed by atoms with Gasteiger partial charge in [0.1, 0.15) is 5.01 Å². The van der Waals surface area contributed by atoms with Crippen LogP contribution in [0, 0.1) is 0 Å². The molecule has 2 nitrogen and oxygen atoms in total. The number of thiazole rings is 1. The van der Waals surface area contributed by atoms with Gasteiger partial charge in [0.15, 0.2) is 0 Å². The van der Waals surface area contributed by atoms with Crippen molar-refractivity contribution in [1.82, 2.24) is 9.88 Å². The second-order valence-electron chi connectivity index (χ2n) is 4.13. The van der Waals surface area contributed by atoms with Gasteiger partial charge in [0.05, 0.1) is 17.6 Å². The Labute approximate surface area is 100 Å². The normalized spacial score (nSPS) is 18.4. The van der Waals surface area contributed by atoms with Crippen LogP contribution in [0.15, 0.2) is 5.38 Å². The van der Waals surface area contributed by atoms with Crippen molar-refractivity contribution >= 4 is 22.9 Å². The molecule has 2 rings (SSSR count). The number of nitrogens with zero attached hydrogens (tertiary/aromatic N) is 2. The van der Waals surface area contributed by atoms with Gasteiger partial charge in [0.2, 0.25) is 0 Å². The van der Waals surface area contributed by atoms with Crippen LogP contribution in [-0.4, -0.2) is 23.0 Å². The first-order valence-electron chi connectivity index (χ1n) is 5.48. The van der Waals surface area contributed by atoms with Gasteiger partial charge in [-0.15, -0.1) is 22.9 Å². The van der Waals surface area contributed by atoms with Crippen LogP contribution in [0.2, 0.25) is 0 Å². The minimum absolute atomic E-state index is 0.486. The standard InChI is InChI=1S/C11H17ClN2S/c1-3-10(14(2)9-4-5-9)11-13-8(6-12)7-15-11/h7,9-10H,3-6H2,1-2H3. The first-order chi connectivity index (χ1) is 7.26. The molecule has 1 atom stereocenters. The highest BCUT2D eigenvalue weighted by Crippen LogP contribution is 2.35. The quantitative estimate of drug-likeness (QED) is 0.738. The Morgan fingerprint density at radius 1 is 1.67 bits per heavy atom.